The molecule has 1 aliphatic rings. The normalized spacial score (nSPS) is 13.5. The molecule has 2 aromatic heterocycles. The van der Waals surface area contributed by atoms with Gasteiger partial charge < -0.3 is 4.57 Å². The van der Waals surface area contributed by atoms with Gasteiger partial charge in [-0.15, -0.1) is 0 Å². The van der Waals surface area contributed by atoms with Crippen molar-refractivity contribution in [3.8, 4) is 0 Å². The molecular weight excluding hydrogens is 284 g/mol. The van der Waals surface area contributed by atoms with E-state index in [0.717, 1.165) is 24.4 Å². The molecule has 2 heterocycles. The summed E-state index contributed by atoms with van der Waals surface area (Å²) in [4.78, 5) is 4.25. The molecule has 4 heteroatoms. The number of rotatable bonds is 3. The molecule has 0 radical (unpaired) electrons. The van der Waals surface area contributed by atoms with E-state index < -0.39 is 0 Å². The molecule has 23 heavy (non-hydrogen) atoms. The zero-order chi connectivity index (χ0) is 15.6. The monoisotopic (exact) mass is 302 g/mol. The smallest absolute Gasteiger partial charge is 0.105 e. The van der Waals surface area contributed by atoms with Gasteiger partial charge in [-0.1, -0.05) is 30.3 Å². The van der Waals surface area contributed by atoms with Gasteiger partial charge in [0, 0.05) is 12.4 Å². The van der Waals surface area contributed by atoms with Crippen molar-refractivity contribution in [1.82, 2.24) is 19.7 Å². The van der Waals surface area contributed by atoms with Gasteiger partial charge in [0.05, 0.1) is 18.4 Å². The van der Waals surface area contributed by atoms with E-state index in [0.29, 0.717) is 6.54 Å². The van der Waals surface area contributed by atoms with E-state index >= 15 is 0 Å². The van der Waals surface area contributed by atoms with Crippen LogP contribution in [0.15, 0.2) is 48.9 Å². The van der Waals surface area contributed by atoms with Gasteiger partial charge in [0.2, 0.25) is 0 Å². The van der Waals surface area contributed by atoms with Crippen molar-refractivity contribution in [2.45, 2.75) is 26.3 Å². The van der Waals surface area contributed by atoms with Gasteiger partial charge in [0.15, 0.2) is 0 Å². The van der Waals surface area contributed by atoms with Crippen molar-refractivity contribution in [3.05, 3.63) is 77.1 Å². The Morgan fingerprint density at radius 1 is 1.17 bits per heavy atom. The highest BCUT2D eigenvalue weighted by molar-refractivity contribution is 5.84. The average molecular weight is 302 g/mol. The van der Waals surface area contributed by atoms with Gasteiger partial charge in [-0.2, -0.15) is 10.2 Å². The molecule has 0 saturated carbocycles. The first-order chi connectivity index (χ1) is 11.3. The number of nitrogens with zero attached hydrogens (tertiary/aromatic N) is 4. The van der Waals surface area contributed by atoms with Crippen LogP contribution in [0, 0.1) is 6.92 Å². The molecule has 1 aliphatic carbocycles. The van der Waals surface area contributed by atoms with Crippen LogP contribution in [0.25, 0.3) is 11.6 Å². The number of hydrogen-bond donors (Lipinski definition) is 0. The Kier molecular flexibility index (Phi) is 3.50. The Balaban J connectivity index is 1.65. The van der Waals surface area contributed by atoms with Gasteiger partial charge >= 0.3 is 0 Å². The fraction of sp³-hybridized carbons (Fsp3) is 0.211. The first kappa shape index (κ1) is 13.9. The Labute approximate surface area is 135 Å². The minimum Gasteiger partial charge on any atom is -0.329 e. The molecule has 114 valence electrons. The summed E-state index contributed by atoms with van der Waals surface area (Å²) in [5.41, 5.74) is 6.21. The molecule has 3 aromatic rings. The fourth-order valence-electron chi connectivity index (χ4n) is 3.07. The largest absolute Gasteiger partial charge is 0.329 e. The second-order valence-corrected chi connectivity index (χ2v) is 5.91. The summed E-state index contributed by atoms with van der Waals surface area (Å²) in [6, 6.07) is 10.7. The van der Waals surface area contributed by atoms with E-state index in [-0.39, 0.29) is 0 Å². The lowest BCUT2D eigenvalue weighted by Gasteiger charge is -2.16. The van der Waals surface area contributed by atoms with Crippen molar-refractivity contribution in [2.24, 2.45) is 0 Å². The molecule has 0 spiro atoms. The van der Waals surface area contributed by atoms with Crippen LogP contribution in [-0.2, 0) is 13.0 Å². The number of benzene rings is 1. The van der Waals surface area contributed by atoms with Crippen molar-refractivity contribution in [3.63, 3.8) is 0 Å². The van der Waals surface area contributed by atoms with E-state index in [9.17, 15) is 0 Å². The molecular formula is C19H18N4. The molecule has 4 nitrogen and oxygen atoms in total. The first-order valence-corrected chi connectivity index (χ1v) is 7.88. The van der Waals surface area contributed by atoms with Crippen molar-refractivity contribution in [2.75, 3.05) is 0 Å². The van der Waals surface area contributed by atoms with Crippen LogP contribution in [0.5, 0.6) is 0 Å². The Hall–Kier alpha value is -2.75. The number of allylic oxidation sites excluding steroid dienone is 1. The summed E-state index contributed by atoms with van der Waals surface area (Å²) in [6.45, 7) is 2.70. The highest BCUT2D eigenvalue weighted by Crippen LogP contribution is 2.30. The van der Waals surface area contributed by atoms with Crippen LogP contribution in [-0.4, -0.2) is 19.7 Å². The van der Waals surface area contributed by atoms with E-state index in [2.05, 4.69) is 56.2 Å². The third-order valence-electron chi connectivity index (χ3n) is 4.38. The Bertz CT molecular complexity index is 876. The zero-order valence-electron chi connectivity index (χ0n) is 13.1. The summed E-state index contributed by atoms with van der Waals surface area (Å²) < 4.78 is 2.08. The van der Waals surface area contributed by atoms with Crippen molar-refractivity contribution < 1.29 is 0 Å². The van der Waals surface area contributed by atoms with Gasteiger partial charge in [-0.25, -0.2) is 4.98 Å². The van der Waals surface area contributed by atoms with E-state index in [1.54, 1.807) is 0 Å². The number of imidazole rings is 1. The molecule has 0 aliphatic heterocycles. The van der Waals surface area contributed by atoms with Crippen LogP contribution in [0.1, 0.15) is 34.6 Å². The lowest BCUT2D eigenvalue weighted by atomic mass is 9.89. The van der Waals surface area contributed by atoms with Gasteiger partial charge in [0.1, 0.15) is 5.82 Å². The van der Waals surface area contributed by atoms with Gasteiger partial charge in [-0.3, -0.25) is 0 Å². The summed E-state index contributed by atoms with van der Waals surface area (Å²) in [5.74, 6) is 0.989. The first-order valence-electron chi connectivity index (χ1n) is 7.88. The maximum absolute atomic E-state index is 4.27. The van der Waals surface area contributed by atoms with Crippen molar-refractivity contribution in [1.29, 1.82) is 0 Å². The van der Waals surface area contributed by atoms with Crippen molar-refractivity contribution >= 4 is 11.6 Å². The molecule has 0 saturated heterocycles. The van der Waals surface area contributed by atoms with E-state index in [1.165, 1.54) is 22.3 Å². The third-order valence-corrected chi connectivity index (χ3v) is 4.38. The maximum atomic E-state index is 4.27. The minimum absolute atomic E-state index is 0.705. The van der Waals surface area contributed by atoms with Crippen LogP contribution >= 0.6 is 0 Å². The molecule has 0 fully saturated rings. The third kappa shape index (κ3) is 2.80. The minimum atomic E-state index is 0.705. The second-order valence-electron chi connectivity index (χ2n) is 5.91. The molecule has 4 rings (SSSR count). The summed E-state index contributed by atoms with van der Waals surface area (Å²) in [5, 5.41) is 8.47. The van der Waals surface area contributed by atoms with Gasteiger partial charge in [-0.05, 0) is 48.1 Å². The highest BCUT2D eigenvalue weighted by Gasteiger charge is 2.12. The lowest BCUT2D eigenvalue weighted by Crippen LogP contribution is -2.05. The van der Waals surface area contributed by atoms with Crippen LogP contribution < -0.4 is 0 Å². The zero-order valence-corrected chi connectivity index (χ0v) is 13.1. The van der Waals surface area contributed by atoms with E-state index in [1.807, 2.05) is 25.5 Å². The van der Waals surface area contributed by atoms with Crippen LogP contribution in [0.2, 0.25) is 0 Å². The summed E-state index contributed by atoms with van der Waals surface area (Å²) in [7, 11) is 0. The second kappa shape index (κ2) is 5.80. The quantitative estimate of drug-likeness (QED) is 0.743. The Morgan fingerprint density at radius 2 is 2.09 bits per heavy atom. The number of hydrogen-bond acceptors (Lipinski definition) is 3. The molecule has 1 aromatic carbocycles. The summed E-state index contributed by atoms with van der Waals surface area (Å²) in [6.07, 6.45) is 10.1. The van der Waals surface area contributed by atoms with E-state index in [4.69, 9.17) is 0 Å². The maximum Gasteiger partial charge on any atom is 0.105 e. The average Bonchev–Trinajstić information content (AvgIpc) is 2.99. The Morgan fingerprint density at radius 3 is 2.96 bits per heavy atom. The summed E-state index contributed by atoms with van der Waals surface area (Å²) >= 11 is 0. The fourth-order valence-corrected chi connectivity index (χ4v) is 3.07. The van der Waals surface area contributed by atoms with Crippen LogP contribution in [0.4, 0.5) is 0 Å². The van der Waals surface area contributed by atoms with Gasteiger partial charge in [0.25, 0.3) is 0 Å². The predicted octanol–water partition coefficient (Wildman–Crippen LogP) is 3.52. The molecule has 0 unspecified atom stereocenters. The lowest BCUT2D eigenvalue weighted by molar-refractivity contribution is 0.725. The number of aromatic nitrogens is 4. The molecule has 0 atom stereocenters. The highest BCUT2D eigenvalue weighted by atomic mass is 15.1. The standard InChI is InChI=1S/C19H18N4/c1-14-20-8-9-23(14)13-19-11-18(12-21-22-19)17-7-6-15-4-2-3-5-16(15)10-17/h2-5,8-12H,6-7,13H2,1H3. The molecule has 0 bridgehead atoms. The predicted molar refractivity (Wildman–Crippen MR) is 90.7 cm³/mol. The molecule has 0 amide bonds. The number of fused-ring (bicyclic) bond motifs is 1. The molecule has 0 N–H and O–H groups in total. The number of aryl methyl sites for hydroxylation is 2. The SMILES string of the molecule is Cc1nccn1Cc1cc(C2=Cc3ccccc3CC2)cnn1. The van der Waals surface area contributed by atoms with Crippen LogP contribution in [0.3, 0.4) is 0 Å². The topological polar surface area (TPSA) is 43.6 Å².